The predicted octanol–water partition coefficient (Wildman–Crippen LogP) is 2.35. The van der Waals surface area contributed by atoms with Gasteiger partial charge in [0.05, 0.1) is 19.3 Å². The fourth-order valence-electron chi connectivity index (χ4n) is 2.61. The van der Waals surface area contributed by atoms with Gasteiger partial charge in [0, 0.05) is 18.8 Å². The second-order valence-corrected chi connectivity index (χ2v) is 6.16. The number of hydrogen-bond donors (Lipinski definition) is 2. The van der Waals surface area contributed by atoms with Crippen LogP contribution >= 0.6 is 12.4 Å². The smallest absolute Gasteiger partial charge is 0.244 e. The summed E-state index contributed by atoms with van der Waals surface area (Å²) in [5.41, 5.74) is 1.89. The summed E-state index contributed by atoms with van der Waals surface area (Å²) < 4.78 is 11.2. The average Bonchev–Trinajstić information content (AvgIpc) is 3.32. The molecule has 1 aromatic carbocycles. The van der Waals surface area contributed by atoms with Gasteiger partial charge in [0.25, 0.3) is 0 Å². The van der Waals surface area contributed by atoms with Crippen molar-refractivity contribution in [3.05, 3.63) is 29.8 Å². The number of ether oxygens (including phenoxy) is 2. The maximum Gasteiger partial charge on any atom is 0.244 e. The molecule has 23 heavy (non-hydrogen) atoms. The Hall–Kier alpha value is -1.14. The molecule has 1 amide bonds. The number of morpholine rings is 1. The summed E-state index contributed by atoms with van der Waals surface area (Å²) in [6.07, 6.45) is 2.48. The Morgan fingerprint density at radius 3 is 3.00 bits per heavy atom. The van der Waals surface area contributed by atoms with Gasteiger partial charge in [0.1, 0.15) is 6.04 Å². The topological polar surface area (TPSA) is 59.6 Å². The van der Waals surface area contributed by atoms with Gasteiger partial charge in [-0.25, -0.2) is 0 Å². The monoisotopic (exact) mass is 340 g/mol. The number of halogens is 1. The summed E-state index contributed by atoms with van der Waals surface area (Å²) >= 11 is 0. The molecule has 0 spiro atoms. The predicted molar refractivity (Wildman–Crippen MR) is 91.9 cm³/mol. The zero-order valence-electron chi connectivity index (χ0n) is 13.4. The lowest BCUT2D eigenvalue weighted by Gasteiger charge is -2.29. The lowest BCUT2D eigenvalue weighted by atomic mass is 10.1. The summed E-state index contributed by atoms with van der Waals surface area (Å²) in [6, 6.07) is 7.53. The molecule has 1 aromatic rings. The Balaban J connectivity index is 0.00000192. The first-order chi connectivity index (χ1) is 10.7. The standard InChI is InChI=1S/C17H24N2O3.ClH/c1-12-16(18-7-8-22-12)17(20)19-15-4-2-3-14(9-15)11-21-10-13-5-6-13;/h2-4,9,12-13,16,18H,5-8,10-11H2,1H3,(H,19,20);1H/t12-,16+;/m1./s1. The Bertz CT molecular complexity index is 522. The van der Waals surface area contributed by atoms with E-state index in [0.717, 1.165) is 23.8 Å². The molecule has 6 heteroatoms. The van der Waals surface area contributed by atoms with Crippen LogP contribution in [-0.4, -0.2) is 37.8 Å². The molecule has 2 atom stereocenters. The fourth-order valence-corrected chi connectivity index (χ4v) is 2.61. The lowest BCUT2D eigenvalue weighted by molar-refractivity contribution is -0.123. The van der Waals surface area contributed by atoms with E-state index in [2.05, 4.69) is 10.6 Å². The van der Waals surface area contributed by atoms with Crippen molar-refractivity contribution >= 4 is 24.0 Å². The number of amides is 1. The molecule has 128 valence electrons. The molecule has 0 aromatic heterocycles. The molecule has 1 aliphatic carbocycles. The summed E-state index contributed by atoms with van der Waals surface area (Å²) in [5, 5.41) is 6.15. The molecular weight excluding hydrogens is 316 g/mol. The third kappa shape index (κ3) is 5.46. The van der Waals surface area contributed by atoms with Crippen molar-refractivity contribution in [1.29, 1.82) is 0 Å². The highest BCUT2D eigenvalue weighted by atomic mass is 35.5. The molecule has 0 unspecified atom stereocenters. The summed E-state index contributed by atoms with van der Waals surface area (Å²) in [7, 11) is 0. The number of carbonyl (C=O) groups excluding carboxylic acids is 1. The van der Waals surface area contributed by atoms with E-state index in [9.17, 15) is 4.79 Å². The van der Waals surface area contributed by atoms with E-state index in [1.165, 1.54) is 12.8 Å². The molecule has 2 N–H and O–H groups in total. The van der Waals surface area contributed by atoms with E-state index in [1.807, 2.05) is 31.2 Å². The van der Waals surface area contributed by atoms with E-state index >= 15 is 0 Å². The summed E-state index contributed by atoms with van der Waals surface area (Å²) in [4.78, 5) is 12.3. The highest BCUT2D eigenvalue weighted by Gasteiger charge is 2.28. The second-order valence-electron chi connectivity index (χ2n) is 6.16. The van der Waals surface area contributed by atoms with Crippen LogP contribution in [0.1, 0.15) is 25.3 Å². The van der Waals surface area contributed by atoms with Crippen LogP contribution in [0.5, 0.6) is 0 Å². The maximum absolute atomic E-state index is 12.3. The van der Waals surface area contributed by atoms with Gasteiger partial charge in [-0.3, -0.25) is 4.79 Å². The molecule has 1 aliphatic heterocycles. The van der Waals surface area contributed by atoms with Crippen molar-refractivity contribution in [1.82, 2.24) is 5.32 Å². The van der Waals surface area contributed by atoms with Crippen LogP contribution in [0.25, 0.3) is 0 Å². The number of benzene rings is 1. The minimum Gasteiger partial charge on any atom is -0.376 e. The third-order valence-electron chi connectivity index (χ3n) is 4.11. The van der Waals surface area contributed by atoms with E-state index in [0.29, 0.717) is 19.8 Å². The highest BCUT2D eigenvalue weighted by Crippen LogP contribution is 2.29. The van der Waals surface area contributed by atoms with Crippen LogP contribution in [0.3, 0.4) is 0 Å². The van der Waals surface area contributed by atoms with Crippen LogP contribution in [0.15, 0.2) is 24.3 Å². The first-order valence-electron chi connectivity index (χ1n) is 8.05. The van der Waals surface area contributed by atoms with E-state index in [4.69, 9.17) is 9.47 Å². The Kier molecular flexibility index (Phi) is 6.84. The van der Waals surface area contributed by atoms with Crippen molar-refractivity contribution < 1.29 is 14.3 Å². The molecule has 1 saturated carbocycles. The van der Waals surface area contributed by atoms with E-state index < -0.39 is 0 Å². The van der Waals surface area contributed by atoms with Crippen LogP contribution in [-0.2, 0) is 20.9 Å². The van der Waals surface area contributed by atoms with Crippen LogP contribution in [0.4, 0.5) is 5.69 Å². The number of carbonyl (C=O) groups is 1. The van der Waals surface area contributed by atoms with Crippen molar-refractivity contribution in [2.24, 2.45) is 5.92 Å². The van der Waals surface area contributed by atoms with Gasteiger partial charge < -0.3 is 20.1 Å². The fraction of sp³-hybridized carbons (Fsp3) is 0.588. The van der Waals surface area contributed by atoms with Gasteiger partial charge in [-0.2, -0.15) is 0 Å². The van der Waals surface area contributed by atoms with Gasteiger partial charge in [0.2, 0.25) is 5.91 Å². The van der Waals surface area contributed by atoms with Crippen molar-refractivity contribution in [2.75, 3.05) is 25.1 Å². The molecular formula is C17H25ClN2O3. The molecule has 2 aliphatic rings. The number of rotatable bonds is 6. The average molecular weight is 341 g/mol. The van der Waals surface area contributed by atoms with Gasteiger partial charge in [-0.15, -0.1) is 12.4 Å². The normalized spacial score (nSPS) is 23.9. The maximum atomic E-state index is 12.3. The first kappa shape index (κ1) is 18.2. The SMILES string of the molecule is C[C@H]1OCCN[C@@H]1C(=O)Nc1cccc(COCC2CC2)c1.Cl. The zero-order chi connectivity index (χ0) is 15.4. The van der Waals surface area contributed by atoms with Crippen LogP contribution in [0, 0.1) is 5.92 Å². The van der Waals surface area contributed by atoms with Crippen LogP contribution < -0.4 is 10.6 Å². The Labute approximate surface area is 143 Å². The van der Waals surface area contributed by atoms with Crippen molar-refractivity contribution in [2.45, 2.75) is 38.5 Å². The number of hydrogen-bond acceptors (Lipinski definition) is 4. The molecule has 1 saturated heterocycles. The van der Waals surface area contributed by atoms with E-state index in [-0.39, 0.29) is 30.5 Å². The first-order valence-corrected chi connectivity index (χ1v) is 8.05. The molecule has 5 nitrogen and oxygen atoms in total. The van der Waals surface area contributed by atoms with Crippen molar-refractivity contribution in [3.63, 3.8) is 0 Å². The molecule has 1 heterocycles. The molecule has 0 bridgehead atoms. The van der Waals surface area contributed by atoms with Gasteiger partial charge in [0.15, 0.2) is 0 Å². The Morgan fingerprint density at radius 2 is 2.26 bits per heavy atom. The summed E-state index contributed by atoms with van der Waals surface area (Å²) in [5.74, 6) is 0.713. The molecule has 3 rings (SSSR count). The van der Waals surface area contributed by atoms with E-state index in [1.54, 1.807) is 0 Å². The second kappa shape index (κ2) is 8.64. The minimum atomic E-state index is -0.302. The quantitative estimate of drug-likeness (QED) is 0.834. The Morgan fingerprint density at radius 1 is 1.43 bits per heavy atom. The highest BCUT2D eigenvalue weighted by molar-refractivity contribution is 5.95. The van der Waals surface area contributed by atoms with Gasteiger partial charge in [-0.05, 0) is 43.4 Å². The lowest BCUT2D eigenvalue weighted by Crippen LogP contribution is -2.53. The van der Waals surface area contributed by atoms with Crippen LogP contribution in [0.2, 0.25) is 0 Å². The molecule has 2 fully saturated rings. The number of anilines is 1. The minimum absolute atomic E-state index is 0. The zero-order valence-corrected chi connectivity index (χ0v) is 14.2. The number of nitrogens with one attached hydrogen (secondary N) is 2. The molecule has 0 radical (unpaired) electrons. The van der Waals surface area contributed by atoms with Gasteiger partial charge >= 0.3 is 0 Å². The largest absolute Gasteiger partial charge is 0.376 e. The third-order valence-corrected chi connectivity index (χ3v) is 4.11. The van der Waals surface area contributed by atoms with Crippen molar-refractivity contribution in [3.8, 4) is 0 Å². The summed E-state index contributed by atoms with van der Waals surface area (Å²) in [6.45, 7) is 4.72. The van der Waals surface area contributed by atoms with Gasteiger partial charge in [-0.1, -0.05) is 12.1 Å².